The molecule has 26 heavy (non-hydrogen) atoms. The molecule has 134 valence electrons. The zero-order valence-corrected chi connectivity index (χ0v) is 14.6. The molecule has 0 atom stereocenters. The molecule has 0 unspecified atom stereocenters. The Morgan fingerprint density at radius 3 is 2.54 bits per heavy atom. The highest BCUT2D eigenvalue weighted by Crippen LogP contribution is 2.33. The standard InChI is InChI=1S/C19H15F3N2OS/c1-2-12-6-8-13(9-7-12)10-16-17(25)24-18(26-16)23-15-5-3-4-14(11-15)19(20,21)22/h3-11H,2H2,1H3,(H,23,24,25)/b16-10-. The monoisotopic (exact) mass is 376 g/mol. The lowest BCUT2D eigenvalue weighted by molar-refractivity contribution is -0.137. The summed E-state index contributed by atoms with van der Waals surface area (Å²) in [4.78, 5) is 16.6. The van der Waals surface area contributed by atoms with Crippen LogP contribution in [0.25, 0.3) is 6.08 Å². The number of carbonyl (C=O) groups excluding carboxylic acids is 1. The van der Waals surface area contributed by atoms with Gasteiger partial charge in [0.1, 0.15) is 0 Å². The molecule has 1 N–H and O–H groups in total. The molecule has 0 aromatic heterocycles. The largest absolute Gasteiger partial charge is 0.416 e. The number of thioether (sulfide) groups is 1. The number of amides is 1. The fraction of sp³-hybridized carbons (Fsp3) is 0.158. The molecule has 1 saturated heterocycles. The lowest BCUT2D eigenvalue weighted by Crippen LogP contribution is -2.19. The normalized spacial score (nSPS) is 17.8. The van der Waals surface area contributed by atoms with Gasteiger partial charge in [0.05, 0.1) is 16.2 Å². The lowest BCUT2D eigenvalue weighted by Gasteiger charge is -2.06. The van der Waals surface area contributed by atoms with Crippen LogP contribution in [0.4, 0.5) is 18.9 Å². The Hall–Kier alpha value is -2.54. The summed E-state index contributed by atoms with van der Waals surface area (Å²) in [6, 6.07) is 12.5. The van der Waals surface area contributed by atoms with Gasteiger partial charge in [0.15, 0.2) is 5.17 Å². The van der Waals surface area contributed by atoms with Crippen molar-refractivity contribution < 1.29 is 18.0 Å². The fourth-order valence-corrected chi connectivity index (χ4v) is 3.19. The number of alkyl halides is 3. The topological polar surface area (TPSA) is 41.5 Å². The van der Waals surface area contributed by atoms with E-state index in [-0.39, 0.29) is 16.8 Å². The molecule has 0 saturated carbocycles. The second-order valence-corrected chi connectivity index (χ2v) is 6.66. The van der Waals surface area contributed by atoms with Gasteiger partial charge in [-0.1, -0.05) is 37.3 Å². The first-order chi connectivity index (χ1) is 12.3. The summed E-state index contributed by atoms with van der Waals surface area (Å²) in [6.45, 7) is 2.06. The third-order valence-electron chi connectivity index (χ3n) is 3.74. The highest BCUT2D eigenvalue weighted by molar-refractivity contribution is 8.18. The van der Waals surface area contributed by atoms with Gasteiger partial charge in [-0.2, -0.15) is 13.2 Å². The highest BCUT2D eigenvalue weighted by atomic mass is 32.2. The summed E-state index contributed by atoms with van der Waals surface area (Å²) in [5.41, 5.74) is 1.43. The van der Waals surface area contributed by atoms with Crippen LogP contribution in [0.15, 0.2) is 58.4 Å². The zero-order chi connectivity index (χ0) is 18.7. The minimum absolute atomic E-state index is 0.135. The van der Waals surface area contributed by atoms with Crippen molar-refractivity contribution >= 4 is 34.6 Å². The van der Waals surface area contributed by atoms with E-state index in [0.717, 1.165) is 35.9 Å². The summed E-state index contributed by atoms with van der Waals surface area (Å²) >= 11 is 1.10. The number of nitrogens with one attached hydrogen (secondary N) is 1. The summed E-state index contributed by atoms with van der Waals surface area (Å²) in [5.74, 6) is -0.319. The minimum Gasteiger partial charge on any atom is -0.300 e. The van der Waals surface area contributed by atoms with Crippen LogP contribution in [0.2, 0.25) is 0 Å². The quantitative estimate of drug-likeness (QED) is 0.752. The van der Waals surface area contributed by atoms with Crippen molar-refractivity contribution in [1.82, 2.24) is 5.32 Å². The highest BCUT2D eigenvalue weighted by Gasteiger charge is 2.30. The molecule has 0 radical (unpaired) electrons. The number of hydrogen-bond donors (Lipinski definition) is 1. The van der Waals surface area contributed by atoms with Gasteiger partial charge in [-0.15, -0.1) is 0 Å². The molecule has 0 spiro atoms. The number of benzene rings is 2. The molecular formula is C19H15F3N2OS. The third kappa shape index (κ3) is 4.35. The van der Waals surface area contributed by atoms with Crippen LogP contribution in [-0.2, 0) is 17.4 Å². The summed E-state index contributed by atoms with van der Waals surface area (Å²) < 4.78 is 38.3. The van der Waals surface area contributed by atoms with Crippen LogP contribution in [0.3, 0.4) is 0 Å². The van der Waals surface area contributed by atoms with Crippen LogP contribution >= 0.6 is 11.8 Å². The van der Waals surface area contributed by atoms with Gasteiger partial charge in [0, 0.05) is 0 Å². The maximum absolute atomic E-state index is 12.8. The van der Waals surface area contributed by atoms with E-state index in [9.17, 15) is 18.0 Å². The Kier molecular flexibility index (Phi) is 5.18. The second kappa shape index (κ2) is 7.37. The molecule has 1 aliphatic rings. The first-order valence-electron chi connectivity index (χ1n) is 7.91. The third-order valence-corrected chi connectivity index (χ3v) is 4.65. The summed E-state index contributed by atoms with van der Waals surface area (Å²) in [7, 11) is 0. The fourth-order valence-electron chi connectivity index (χ4n) is 2.35. The van der Waals surface area contributed by atoms with Gasteiger partial charge in [-0.3, -0.25) is 4.79 Å². The van der Waals surface area contributed by atoms with E-state index >= 15 is 0 Å². The number of nitrogens with zero attached hydrogens (tertiary/aromatic N) is 1. The minimum atomic E-state index is -4.43. The first kappa shape index (κ1) is 18.3. The van der Waals surface area contributed by atoms with Crippen LogP contribution in [0.1, 0.15) is 23.6 Å². The Morgan fingerprint density at radius 1 is 1.15 bits per heavy atom. The average Bonchev–Trinajstić information content (AvgIpc) is 2.94. The van der Waals surface area contributed by atoms with Crippen molar-refractivity contribution in [3.05, 3.63) is 70.1 Å². The molecule has 7 heteroatoms. The van der Waals surface area contributed by atoms with E-state index in [1.165, 1.54) is 17.7 Å². The van der Waals surface area contributed by atoms with E-state index in [1.807, 2.05) is 24.3 Å². The van der Waals surface area contributed by atoms with Crippen LogP contribution in [0, 0.1) is 0 Å². The van der Waals surface area contributed by atoms with E-state index < -0.39 is 11.7 Å². The zero-order valence-electron chi connectivity index (χ0n) is 13.8. The van der Waals surface area contributed by atoms with Gasteiger partial charge < -0.3 is 5.32 Å². The molecule has 1 fully saturated rings. The predicted octanol–water partition coefficient (Wildman–Crippen LogP) is 5.16. The van der Waals surface area contributed by atoms with Crippen molar-refractivity contribution in [2.75, 3.05) is 0 Å². The van der Waals surface area contributed by atoms with Crippen molar-refractivity contribution in [2.24, 2.45) is 4.99 Å². The van der Waals surface area contributed by atoms with Crippen LogP contribution < -0.4 is 5.32 Å². The summed E-state index contributed by atoms with van der Waals surface area (Å²) in [5, 5.41) is 2.83. The Bertz CT molecular complexity index is 886. The van der Waals surface area contributed by atoms with E-state index in [1.54, 1.807) is 6.08 Å². The van der Waals surface area contributed by atoms with Crippen molar-refractivity contribution in [2.45, 2.75) is 19.5 Å². The molecule has 2 aromatic rings. The average molecular weight is 376 g/mol. The smallest absolute Gasteiger partial charge is 0.300 e. The molecule has 1 heterocycles. The number of rotatable bonds is 3. The molecule has 1 amide bonds. The second-order valence-electron chi connectivity index (χ2n) is 5.62. The van der Waals surface area contributed by atoms with Gasteiger partial charge in [-0.25, -0.2) is 4.99 Å². The summed E-state index contributed by atoms with van der Waals surface area (Å²) in [6.07, 6.45) is -1.77. The molecule has 3 rings (SSSR count). The first-order valence-corrected chi connectivity index (χ1v) is 8.72. The Morgan fingerprint density at radius 2 is 1.88 bits per heavy atom. The van der Waals surface area contributed by atoms with Crippen molar-refractivity contribution in [1.29, 1.82) is 0 Å². The number of halogens is 3. The Balaban J connectivity index is 1.80. The lowest BCUT2D eigenvalue weighted by atomic mass is 10.1. The molecule has 1 aliphatic heterocycles. The van der Waals surface area contributed by atoms with E-state index in [0.29, 0.717) is 4.91 Å². The van der Waals surface area contributed by atoms with E-state index in [4.69, 9.17) is 0 Å². The molecule has 2 aromatic carbocycles. The number of amidine groups is 1. The molecule has 0 bridgehead atoms. The van der Waals surface area contributed by atoms with Gasteiger partial charge in [-0.05, 0) is 53.6 Å². The predicted molar refractivity (Wildman–Crippen MR) is 98.1 cm³/mol. The van der Waals surface area contributed by atoms with Crippen LogP contribution in [-0.4, -0.2) is 11.1 Å². The van der Waals surface area contributed by atoms with E-state index in [2.05, 4.69) is 17.2 Å². The van der Waals surface area contributed by atoms with Crippen molar-refractivity contribution in [3.8, 4) is 0 Å². The number of carbonyl (C=O) groups is 1. The van der Waals surface area contributed by atoms with Gasteiger partial charge in [0.2, 0.25) is 0 Å². The van der Waals surface area contributed by atoms with Crippen molar-refractivity contribution in [3.63, 3.8) is 0 Å². The molecule has 3 nitrogen and oxygen atoms in total. The van der Waals surface area contributed by atoms with Gasteiger partial charge >= 0.3 is 6.18 Å². The maximum atomic E-state index is 12.8. The van der Waals surface area contributed by atoms with Gasteiger partial charge in [0.25, 0.3) is 5.91 Å². The molecule has 0 aliphatic carbocycles. The number of hydrogen-bond acceptors (Lipinski definition) is 3. The maximum Gasteiger partial charge on any atom is 0.416 e. The Labute approximate surface area is 153 Å². The molecular weight excluding hydrogens is 361 g/mol. The number of aliphatic imine (C=N–C) groups is 1. The van der Waals surface area contributed by atoms with Crippen LogP contribution in [0.5, 0.6) is 0 Å². The SMILES string of the molecule is CCc1ccc(/C=C2\SC(=Nc3cccc(C(F)(F)F)c3)NC2=O)cc1. The number of aryl methyl sites for hydroxylation is 1.